The molecule has 0 radical (unpaired) electrons. The first kappa shape index (κ1) is 15.4. The third-order valence-corrected chi connectivity index (χ3v) is 2.94. The summed E-state index contributed by atoms with van der Waals surface area (Å²) in [6, 6.07) is 0.150. The number of carbonyl (C=O) groups is 1. The van der Waals surface area contributed by atoms with E-state index in [2.05, 4.69) is 24.1 Å². The zero-order chi connectivity index (χ0) is 12.9. The van der Waals surface area contributed by atoms with Crippen molar-refractivity contribution in [1.29, 1.82) is 0 Å². The molecule has 2 unspecified atom stereocenters. The molecule has 0 aliphatic carbocycles. The number of rotatable bonds is 6. The summed E-state index contributed by atoms with van der Waals surface area (Å²) in [4.78, 5) is 14.0. The molecule has 0 aliphatic heterocycles. The molecule has 2 atom stereocenters. The van der Waals surface area contributed by atoms with Crippen molar-refractivity contribution in [3.8, 4) is 0 Å². The summed E-state index contributed by atoms with van der Waals surface area (Å²) in [5.41, 5.74) is 5.15. The molecule has 3 N–H and O–H groups in total. The summed E-state index contributed by atoms with van der Waals surface area (Å²) in [6.45, 7) is 8.75. The first-order valence-electron chi connectivity index (χ1n) is 5.95. The van der Waals surface area contributed by atoms with E-state index in [1.54, 1.807) is 6.92 Å². The van der Waals surface area contributed by atoms with Gasteiger partial charge in [-0.2, -0.15) is 0 Å². The number of hydrogen-bond acceptors (Lipinski definition) is 3. The molecule has 4 heteroatoms. The van der Waals surface area contributed by atoms with Crippen LogP contribution in [0.2, 0.25) is 0 Å². The van der Waals surface area contributed by atoms with Gasteiger partial charge in [0.05, 0.1) is 5.54 Å². The topological polar surface area (TPSA) is 58.4 Å². The molecule has 0 bridgehead atoms. The summed E-state index contributed by atoms with van der Waals surface area (Å²) in [7, 11) is 4.01. The normalized spacial score (nSPS) is 17.3. The second kappa shape index (κ2) is 6.21. The largest absolute Gasteiger partial charge is 0.350 e. The third-order valence-electron chi connectivity index (χ3n) is 2.94. The van der Waals surface area contributed by atoms with Gasteiger partial charge in [0.25, 0.3) is 0 Å². The highest BCUT2D eigenvalue weighted by molar-refractivity contribution is 5.85. The Bertz CT molecular complexity index is 224. The van der Waals surface area contributed by atoms with Gasteiger partial charge in [-0.3, -0.25) is 4.79 Å². The van der Waals surface area contributed by atoms with E-state index >= 15 is 0 Å². The zero-order valence-corrected chi connectivity index (χ0v) is 11.5. The lowest BCUT2D eigenvalue weighted by molar-refractivity contribution is -0.127. The molecule has 0 heterocycles. The second-order valence-electron chi connectivity index (χ2n) is 5.36. The van der Waals surface area contributed by atoms with Crippen molar-refractivity contribution >= 4 is 5.91 Å². The fraction of sp³-hybridized carbons (Fsp3) is 0.917. The molecule has 0 aromatic heterocycles. The van der Waals surface area contributed by atoms with Crippen LogP contribution in [0, 0.1) is 5.92 Å². The Kier molecular flexibility index (Phi) is 5.97. The Hall–Kier alpha value is -0.610. The molecule has 0 spiro atoms. The molecule has 16 heavy (non-hydrogen) atoms. The molecule has 96 valence electrons. The predicted octanol–water partition coefficient (Wildman–Crippen LogP) is 0.816. The first-order chi connectivity index (χ1) is 7.20. The van der Waals surface area contributed by atoms with E-state index in [0.29, 0.717) is 12.3 Å². The van der Waals surface area contributed by atoms with E-state index in [9.17, 15) is 4.79 Å². The van der Waals surface area contributed by atoms with Gasteiger partial charge >= 0.3 is 0 Å². The molecule has 0 rings (SSSR count). The van der Waals surface area contributed by atoms with Crippen molar-refractivity contribution in [3.63, 3.8) is 0 Å². The van der Waals surface area contributed by atoms with Crippen molar-refractivity contribution in [2.24, 2.45) is 11.7 Å². The average Bonchev–Trinajstić information content (AvgIpc) is 2.15. The number of hydrogen-bond donors (Lipinski definition) is 2. The molecule has 0 saturated carbocycles. The van der Waals surface area contributed by atoms with Crippen LogP contribution in [0.3, 0.4) is 0 Å². The van der Waals surface area contributed by atoms with Crippen LogP contribution in [0.25, 0.3) is 0 Å². The van der Waals surface area contributed by atoms with E-state index in [0.717, 1.165) is 6.54 Å². The van der Waals surface area contributed by atoms with Gasteiger partial charge in [-0.15, -0.1) is 0 Å². The molecule has 4 nitrogen and oxygen atoms in total. The molecular weight excluding hydrogens is 202 g/mol. The highest BCUT2D eigenvalue weighted by atomic mass is 16.2. The molecule has 0 saturated heterocycles. The van der Waals surface area contributed by atoms with Crippen LogP contribution in [-0.4, -0.2) is 43.0 Å². The van der Waals surface area contributed by atoms with Crippen LogP contribution < -0.4 is 11.1 Å². The van der Waals surface area contributed by atoms with E-state index in [1.807, 2.05) is 21.0 Å². The van der Waals surface area contributed by atoms with Crippen molar-refractivity contribution < 1.29 is 4.79 Å². The summed E-state index contributed by atoms with van der Waals surface area (Å²) in [5, 5.41) is 3.03. The molecular formula is C12H27N3O. The van der Waals surface area contributed by atoms with Crippen LogP contribution in [0.1, 0.15) is 34.1 Å². The predicted molar refractivity (Wildman–Crippen MR) is 68.2 cm³/mol. The number of carbonyl (C=O) groups excluding carboxylic acids is 1. The summed E-state index contributed by atoms with van der Waals surface area (Å²) in [6.07, 6.45) is 0.644. The van der Waals surface area contributed by atoms with Gasteiger partial charge in [0.1, 0.15) is 0 Å². The fourth-order valence-electron chi connectivity index (χ4n) is 1.31. The van der Waals surface area contributed by atoms with Gasteiger partial charge in [-0.25, -0.2) is 0 Å². The minimum atomic E-state index is -0.764. The van der Waals surface area contributed by atoms with Gasteiger partial charge in [0.2, 0.25) is 5.91 Å². The summed E-state index contributed by atoms with van der Waals surface area (Å²) in [5.74, 6) is 0.342. The van der Waals surface area contributed by atoms with E-state index in [4.69, 9.17) is 5.73 Å². The lowest BCUT2D eigenvalue weighted by atomic mass is 9.97. The van der Waals surface area contributed by atoms with E-state index < -0.39 is 5.54 Å². The lowest BCUT2D eigenvalue weighted by Crippen LogP contribution is -2.56. The van der Waals surface area contributed by atoms with Crippen molar-refractivity contribution in [1.82, 2.24) is 10.2 Å². The standard InChI is InChI=1S/C12H27N3O/c1-7-12(4,13)11(16)14-10(9(2)3)8-15(5)6/h9-10H,7-8,13H2,1-6H3,(H,14,16). The Morgan fingerprint density at radius 1 is 1.44 bits per heavy atom. The average molecular weight is 229 g/mol. The Balaban J connectivity index is 4.46. The Morgan fingerprint density at radius 3 is 2.25 bits per heavy atom. The van der Waals surface area contributed by atoms with Crippen molar-refractivity contribution in [3.05, 3.63) is 0 Å². The highest BCUT2D eigenvalue weighted by Gasteiger charge is 2.28. The minimum Gasteiger partial charge on any atom is -0.350 e. The molecule has 1 amide bonds. The number of nitrogens with two attached hydrogens (primary N) is 1. The number of likely N-dealkylation sites (N-methyl/N-ethyl adjacent to an activating group) is 1. The zero-order valence-electron chi connectivity index (χ0n) is 11.5. The van der Waals surface area contributed by atoms with Crippen molar-refractivity contribution in [2.75, 3.05) is 20.6 Å². The number of nitrogens with one attached hydrogen (secondary N) is 1. The third kappa shape index (κ3) is 4.94. The molecule has 0 aromatic rings. The number of nitrogens with zero attached hydrogens (tertiary/aromatic N) is 1. The number of amides is 1. The van der Waals surface area contributed by atoms with Gasteiger partial charge in [-0.05, 0) is 33.4 Å². The SMILES string of the molecule is CCC(C)(N)C(=O)NC(CN(C)C)C(C)C. The minimum absolute atomic E-state index is 0.0597. The summed E-state index contributed by atoms with van der Waals surface area (Å²) >= 11 is 0. The quantitative estimate of drug-likeness (QED) is 0.709. The Labute approximate surface area is 99.6 Å². The van der Waals surface area contributed by atoms with Crippen LogP contribution >= 0.6 is 0 Å². The smallest absolute Gasteiger partial charge is 0.240 e. The first-order valence-corrected chi connectivity index (χ1v) is 5.95. The second-order valence-corrected chi connectivity index (χ2v) is 5.36. The van der Waals surface area contributed by atoms with E-state index in [1.165, 1.54) is 0 Å². The maximum absolute atomic E-state index is 11.9. The van der Waals surface area contributed by atoms with Gasteiger partial charge < -0.3 is 16.0 Å². The Morgan fingerprint density at radius 2 is 1.94 bits per heavy atom. The van der Waals surface area contributed by atoms with Crippen molar-refractivity contribution in [2.45, 2.75) is 45.7 Å². The highest BCUT2D eigenvalue weighted by Crippen LogP contribution is 2.08. The van der Waals surface area contributed by atoms with Gasteiger partial charge in [-0.1, -0.05) is 20.8 Å². The molecule has 0 aromatic carbocycles. The van der Waals surface area contributed by atoms with Gasteiger partial charge in [0.15, 0.2) is 0 Å². The lowest BCUT2D eigenvalue weighted by Gasteiger charge is -2.30. The molecule has 0 aliphatic rings. The van der Waals surface area contributed by atoms with E-state index in [-0.39, 0.29) is 11.9 Å². The fourth-order valence-corrected chi connectivity index (χ4v) is 1.31. The van der Waals surface area contributed by atoms with Crippen LogP contribution in [0.4, 0.5) is 0 Å². The van der Waals surface area contributed by atoms with Crippen LogP contribution in [-0.2, 0) is 4.79 Å². The van der Waals surface area contributed by atoms with Crippen LogP contribution in [0.15, 0.2) is 0 Å². The maximum atomic E-state index is 11.9. The van der Waals surface area contributed by atoms with Crippen LogP contribution in [0.5, 0.6) is 0 Å². The van der Waals surface area contributed by atoms with Gasteiger partial charge in [0, 0.05) is 12.6 Å². The monoisotopic (exact) mass is 229 g/mol. The maximum Gasteiger partial charge on any atom is 0.240 e. The summed E-state index contributed by atoms with van der Waals surface area (Å²) < 4.78 is 0. The molecule has 0 fully saturated rings.